The maximum Gasteiger partial charge on any atom is 0.337 e. The van der Waals surface area contributed by atoms with E-state index >= 15 is 0 Å². The van der Waals surface area contributed by atoms with Crippen LogP contribution in [0.1, 0.15) is 11.1 Å². The second kappa shape index (κ2) is 8.31. The van der Waals surface area contributed by atoms with Crippen LogP contribution in [0.2, 0.25) is 0 Å². The summed E-state index contributed by atoms with van der Waals surface area (Å²) in [5.41, 5.74) is 0.650. The highest BCUT2D eigenvalue weighted by atomic mass is 19.1. The molecule has 0 atom stereocenters. The van der Waals surface area contributed by atoms with Crippen LogP contribution in [0.5, 0.6) is 0 Å². The van der Waals surface area contributed by atoms with E-state index < -0.39 is 22.9 Å². The summed E-state index contributed by atoms with van der Waals surface area (Å²) in [4.78, 5) is 31.2. The molecule has 2 aromatic heterocycles. The van der Waals surface area contributed by atoms with E-state index in [9.17, 15) is 18.4 Å². The highest BCUT2D eigenvalue weighted by Gasteiger charge is 2.20. The number of halogens is 2. The highest BCUT2D eigenvalue weighted by molar-refractivity contribution is 5.72. The first-order chi connectivity index (χ1) is 16.0. The quantitative estimate of drug-likeness (QED) is 0.415. The van der Waals surface area contributed by atoms with E-state index in [-0.39, 0.29) is 24.3 Å². The number of hydrogen-bond acceptors (Lipinski definition) is 3. The Morgan fingerprint density at radius 2 is 1.48 bits per heavy atom. The first kappa shape index (κ1) is 20.6. The van der Waals surface area contributed by atoms with Gasteiger partial charge in [0, 0.05) is 5.56 Å². The Labute approximate surface area is 186 Å². The number of rotatable bonds is 5. The lowest BCUT2D eigenvalue weighted by Gasteiger charge is -2.13. The normalized spacial score (nSPS) is 11.2. The van der Waals surface area contributed by atoms with Crippen molar-refractivity contribution in [3.63, 3.8) is 0 Å². The van der Waals surface area contributed by atoms with E-state index in [2.05, 4.69) is 4.98 Å². The van der Waals surface area contributed by atoms with E-state index in [1.54, 1.807) is 18.2 Å². The summed E-state index contributed by atoms with van der Waals surface area (Å²) in [6.07, 6.45) is 1.41. The molecule has 3 aromatic carbocycles. The molecule has 0 aliphatic heterocycles. The molecular formula is C25H18F2N4O2. The fraction of sp³-hybridized carbons (Fsp3) is 0.0800. The summed E-state index contributed by atoms with van der Waals surface area (Å²) in [6, 6.07) is 20.7. The van der Waals surface area contributed by atoms with Crippen molar-refractivity contribution in [2.45, 2.75) is 13.1 Å². The third kappa shape index (κ3) is 3.76. The summed E-state index contributed by atoms with van der Waals surface area (Å²) in [7, 11) is 0. The Bertz CT molecular complexity index is 1570. The average Bonchev–Trinajstić information content (AvgIpc) is 3.23. The van der Waals surface area contributed by atoms with E-state index in [1.165, 1.54) is 45.8 Å². The largest absolute Gasteiger partial charge is 0.337 e. The number of imidazole rings is 1. The van der Waals surface area contributed by atoms with Crippen LogP contribution < -0.4 is 11.2 Å². The molecule has 2 heterocycles. The van der Waals surface area contributed by atoms with Crippen LogP contribution in [0.25, 0.3) is 16.9 Å². The fourth-order valence-corrected chi connectivity index (χ4v) is 3.84. The Balaban J connectivity index is 1.77. The molecule has 0 fully saturated rings. The van der Waals surface area contributed by atoms with Gasteiger partial charge in [-0.1, -0.05) is 48.5 Å². The van der Waals surface area contributed by atoms with Crippen molar-refractivity contribution in [2.75, 3.05) is 0 Å². The van der Waals surface area contributed by atoms with Gasteiger partial charge in [0.05, 0.1) is 25.1 Å². The molecule has 6 nitrogen and oxygen atoms in total. The molecule has 0 aliphatic carbocycles. The van der Waals surface area contributed by atoms with Crippen LogP contribution >= 0.6 is 0 Å². The molecule has 0 spiro atoms. The van der Waals surface area contributed by atoms with Gasteiger partial charge in [-0.3, -0.25) is 9.36 Å². The van der Waals surface area contributed by atoms with Crippen LogP contribution in [-0.4, -0.2) is 18.7 Å². The first-order valence-corrected chi connectivity index (χ1v) is 10.3. The Hall–Kier alpha value is -4.33. The highest BCUT2D eigenvalue weighted by Crippen LogP contribution is 2.16. The van der Waals surface area contributed by atoms with Gasteiger partial charge in [0.15, 0.2) is 11.2 Å². The Morgan fingerprint density at radius 3 is 2.21 bits per heavy atom. The van der Waals surface area contributed by atoms with Gasteiger partial charge < -0.3 is 4.57 Å². The molecule has 0 amide bonds. The van der Waals surface area contributed by atoms with Gasteiger partial charge in [0.2, 0.25) is 0 Å². The maximum atomic E-state index is 14.3. The van der Waals surface area contributed by atoms with Gasteiger partial charge in [-0.05, 0) is 35.9 Å². The minimum absolute atomic E-state index is 0.0422. The summed E-state index contributed by atoms with van der Waals surface area (Å²) in [5, 5.41) is 0. The molecule has 5 rings (SSSR count). The van der Waals surface area contributed by atoms with Crippen LogP contribution in [0, 0.1) is 11.6 Å². The van der Waals surface area contributed by atoms with Crippen LogP contribution in [0.3, 0.4) is 0 Å². The standard InChI is InChI=1S/C25H18F2N4O2/c26-19-10-12-20(13-11-19)31-23-22(29(16-28-23)15-18-8-4-5-9-21(18)27)24(32)30(25(31)33)14-17-6-2-1-3-7-17/h1-13,16H,14-15H2. The zero-order chi connectivity index (χ0) is 22.9. The lowest BCUT2D eigenvalue weighted by Crippen LogP contribution is -2.40. The molecule has 164 valence electrons. The number of aromatic nitrogens is 4. The smallest absolute Gasteiger partial charge is 0.320 e. The molecule has 0 aliphatic rings. The molecule has 0 bridgehead atoms. The second-order valence-corrected chi connectivity index (χ2v) is 7.61. The monoisotopic (exact) mass is 444 g/mol. The van der Waals surface area contributed by atoms with Crippen molar-refractivity contribution >= 4 is 11.2 Å². The zero-order valence-electron chi connectivity index (χ0n) is 17.4. The molecule has 0 N–H and O–H groups in total. The van der Waals surface area contributed by atoms with E-state index in [4.69, 9.17) is 0 Å². The summed E-state index contributed by atoms with van der Waals surface area (Å²) in [6.45, 7) is 0.103. The summed E-state index contributed by atoms with van der Waals surface area (Å²) < 4.78 is 31.7. The molecule has 0 saturated carbocycles. The summed E-state index contributed by atoms with van der Waals surface area (Å²) >= 11 is 0. The van der Waals surface area contributed by atoms with Crippen molar-refractivity contribution in [3.05, 3.63) is 129 Å². The van der Waals surface area contributed by atoms with E-state index in [0.29, 0.717) is 11.3 Å². The molecular weight excluding hydrogens is 426 g/mol. The lowest BCUT2D eigenvalue weighted by atomic mass is 10.2. The van der Waals surface area contributed by atoms with Gasteiger partial charge >= 0.3 is 5.69 Å². The average molecular weight is 444 g/mol. The number of nitrogens with zero attached hydrogens (tertiary/aromatic N) is 4. The third-order valence-electron chi connectivity index (χ3n) is 5.47. The molecule has 0 unspecified atom stereocenters. The fourth-order valence-electron chi connectivity index (χ4n) is 3.84. The molecule has 8 heteroatoms. The van der Waals surface area contributed by atoms with E-state index in [1.807, 2.05) is 30.3 Å². The van der Waals surface area contributed by atoms with Crippen LogP contribution in [0.4, 0.5) is 8.78 Å². The molecule has 5 aromatic rings. The van der Waals surface area contributed by atoms with Crippen LogP contribution in [-0.2, 0) is 13.1 Å². The number of fused-ring (bicyclic) bond motifs is 1. The van der Waals surface area contributed by atoms with E-state index in [0.717, 1.165) is 10.1 Å². The van der Waals surface area contributed by atoms with Crippen molar-refractivity contribution in [3.8, 4) is 5.69 Å². The first-order valence-electron chi connectivity index (χ1n) is 10.3. The zero-order valence-corrected chi connectivity index (χ0v) is 17.4. The van der Waals surface area contributed by atoms with Gasteiger partial charge in [0.1, 0.15) is 11.6 Å². The molecule has 0 radical (unpaired) electrons. The third-order valence-corrected chi connectivity index (χ3v) is 5.47. The topological polar surface area (TPSA) is 61.8 Å². The van der Waals surface area contributed by atoms with Crippen molar-refractivity contribution < 1.29 is 8.78 Å². The second-order valence-electron chi connectivity index (χ2n) is 7.61. The Morgan fingerprint density at radius 1 is 0.788 bits per heavy atom. The van der Waals surface area contributed by atoms with Gasteiger partial charge in [-0.15, -0.1) is 0 Å². The minimum Gasteiger partial charge on any atom is -0.320 e. The van der Waals surface area contributed by atoms with Gasteiger partial charge in [0.25, 0.3) is 5.56 Å². The van der Waals surface area contributed by atoms with Crippen molar-refractivity contribution in [2.24, 2.45) is 0 Å². The van der Waals surface area contributed by atoms with Gasteiger partial charge in [-0.2, -0.15) is 0 Å². The minimum atomic E-state index is -0.598. The SMILES string of the molecule is O=c1c2c(ncn2Cc2ccccc2F)n(-c2ccc(F)cc2)c(=O)n1Cc1ccccc1. The predicted octanol–water partition coefficient (Wildman–Crippen LogP) is 3.72. The summed E-state index contributed by atoms with van der Waals surface area (Å²) in [5.74, 6) is -0.860. The molecule has 33 heavy (non-hydrogen) atoms. The molecule has 0 saturated heterocycles. The Kier molecular flexibility index (Phi) is 5.18. The maximum absolute atomic E-state index is 14.3. The van der Waals surface area contributed by atoms with Crippen molar-refractivity contribution in [1.82, 2.24) is 18.7 Å². The number of hydrogen-bond donors (Lipinski definition) is 0. The number of benzene rings is 3. The van der Waals surface area contributed by atoms with Crippen LogP contribution in [0.15, 0.2) is 94.8 Å². The van der Waals surface area contributed by atoms with Gasteiger partial charge in [-0.25, -0.2) is 23.1 Å². The lowest BCUT2D eigenvalue weighted by molar-refractivity contribution is 0.600. The van der Waals surface area contributed by atoms with Crippen molar-refractivity contribution in [1.29, 1.82) is 0 Å². The predicted molar refractivity (Wildman–Crippen MR) is 121 cm³/mol.